The molecule has 0 aliphatic carbocycles. The van der Waals surface area contributed by atoms with E-state index in [1.54, 1.807) is 41.4 Å². The fraction of sp³-hybridized carbons (Fsp3) is 0.267. The molecule has 0 radical (unpaired) electrons. The molecule has 39 heavy (non-hydrogen) atoms. The van der Waals surface area contributed by atoms with Gasteiger partial charge in [0.2, 0.25) is 17.7 Å². The number of nitrogens with zero attached hydrogens (tertiary/aromatic N) is 2. The molecule has 7 nitrogen and oxygen atoms in total. The molecule has 2 atom stereocenters. The predicted octanol–water partition coefficient (Wildman–Crippen LogP) is 5.76. The highest BCUT2D eigenvalue weighted by atomic mass is 35.5. The fourth-order valence-electron chi connectivity index (χ4n) is 5.25. The molecule has 200 valence electrons. The van der Waals surface area contributed by atoms with Crippen LogP contribution in [0.5, 0.6) is 0 Å². The Morgan fingerprint density at radius 3 is 2.72 bits per heavy atom. The van der Waals surface area contributed by atoms with Gasteiger partial charge in [0.1, 0.15) is 5.82 Å². The Morgan fingerprint density at radius 1 is 1.13 bits per heavy atom. The van der Waals surface area contributed by atoms with Crippen molar-refractivity contribution in [3.05, 3.63) is 88.5 Å². The van der Waals surface area contributed by atoms with E-state index in [9.17, 15) is 18.8 Å². The Kier molecular flexibility index (Phi) is 7.48. The van der Waals surface area contributed by atoms with Crippen molar-refractivity contribution in [3.63, 3.8) is 0 Å². The minimum atomic E-state index is -0.588. The molecular formula is C30H28ClFN4O3. The summed E-state index contributed by atoms with van der Waals surface area (Å²) in [4.78, 5) is 44.6. The van der Waals surface area contributed by atoms with Crippen LogP contribution < -0.4 is 11.1 Å². The van der Waals surface area contributed by atoms with Crippen molar-refractivity contribution in [2.45, 2.75) is 38.6 Å². The molecular weight excluding hydrogens is 519 g/mol. The summed E-state index contributed by atoms with van der Waals surface area (Å²) in [7, 11) is 0. The number of rotatable bonds is 3. The SMILES string of the molecule is CC1CCC[C@H](N2CCC(c3cccc(Cl)c3F)=CC2=O)c2cc(ccn2)-c2ccc(C(N)=O)cc2NC1=O. The number of halogens is 2. The lowest BCUT2D eigenvalue weighted by molar-refractivity contribution is -0.129. The predicted molar refractivity (Wildman–Crippen MR) is 148 cm³/mol. The highest BCUT2D eigenvalue weighted by Gasteiger charge is 2.30. The normalized spacial score (nSPS) is 19.8. The molecule has 9 heteroatoms. The number of anilines is 1. The Balaban J connectivity index is 1.54. The number of hydrogen-bond donors (Lipinski definition) is 2. The fourth-order valence-corrected chi connectivity index (χ4v) is 5.42. The number of pyridine rings is 1. The van der Waals surface area contributed by atoms with Crippen LogP contribution in [0, 0.1) is 11.7 Å². The van der Waals surface area contributed by atoms with Gasteiger partial charge in [0.05, 0.1) is 16.8 Å². The summed E-state index contributed by atoms with van der Waals surface area (Å²) in [5, 5.41) is 2.98. The smallest absolute Gasteiger partial charge is 0.248 e. The van der Waals surface area contributed by atoms with Gasteiger partial charge in [-0.05, 0) is 60.7 Å². The van der Waals surface area contributed by atoms with Crippen LogP contribution >= 0.6 is 11.6 Å². The second-order valence-electron chi connectivity index (χ2n) is 9.98. The number of primary amides is 1. The number of carbonyl (C=O) groups excluding carboxylic acids is 3. The van der Waals surface area contributed by atoms with Crippen molar-refractivity contribution >= 4 is 40.6 Å². The van der Waals surface area contributed by atoms with Gasteiger partial charge in [-0.3, -0.25) is 19.4 Å². The van der Waals surface area contributed by atoms with Crippen LogP contribution in [0.25, 0.3) is 16.7 Å². The summed E-state index contributed by atoms with van der Waals surface area (Å²) in [6, 6.07) is 13.1. The van der Waals surface area contributed by atoms with Gasteiger partial charge in [0.15, 0.2) is 0 Å². The molecule has 1 unspecified atom stereocenters. The molecule has 2 aliphatic heterocycles. The molecule has 3 amide bonds. The minimum Gasteiger partial charge on any atom is -0.366 e. The summed E-state index contributed by atoms with van der Waals surface area (Å²) in [6.45, 7) is 2.24. The average molecular weight is 547 g/mol. The van der Waals surface area contributed by atoms with E-state index in [0.29, 0.717) is 60.2 Å². The van der Waals surface area contributed by atoms with Gasteiger partial charge in [-0.15, -0.1) is 0 Å². The van der Waals surface area contributed by atoms with E-state index in [-0.39, 0.29) is 28.8 Å². The number of carbonyl (C=O) groups is 3. The Labute approximate surface area is 230 Å². The minimum absolute atomic E-state index is 0.0185. The first-order valence-electron chi connectivity index (χ1n) is 12.9. The maximum atomic E-state index is 14.7. The van der Waals surface area contributed by atoms with Crippen LogP contribution in [0.3, 0.4) is 0 Å². The van der Waals surface area contributed by atoms with Crippen LogP contribution in [0.4, 0.5) is 10.1 Å². The lowest BCUT2D eigenvalue weighted by Crippen LogP contribution is -2.38. The van der Waals surface area contributed by atoms with Crippen LogP contribution in [0.1, 0.15) is 60.3 Å². The number of nitrogens with one attached hydrogen (secondary N) is 1. The van der Waals surface area contributed by atoms with E-state index in [1.165, 1.54) is 12.1 Å². The van der Waals surface area contributed by atoms with Crippen LogP contribution in [-0.2, 0) is 9.59 Å². The second kappa shape index (κ2) is 11.0. The second-order valence-corrected chi connectivity index (χ2v) is 10.4. The first kappa shape index (κ1) is 26.6. The summed E-state index contributed by atoms with van der Waals surface area (Å²) in [6.07, 6.45) is 5.52. The summed E-state index contributed by atoms with van der Waals surface area (Å²) < 4.78 is 14.7. The zero-order valence-corrected chi connectivity index (χ0v) is 22.2. The summed E-state index contributed by atoms with van der Waals surface area (Å²) >= 11 is 5.97. The van der Waals surface area contributed by atoms with Crippen LogP contribution in [0.15, 0.2) is 60.8 Å². The van der Waals surface area contributed by atoms with Gasteiger partial charge in [0.25, 0.3) is 0 Å². The van der Waals surface area contributed by atoms with Crippen molar-refractivity contribution in [2.75, 3.05) is 11.9 Å². The van der Waals surface area contributed by atoms with Crippen molar-refractivity contribution < 1.29 is 18.8 Å². The van der Waals surface area contributed by atoms with E-state index in [1.807, 2.05) is 19.1 Å². The molecule has 2 aliphatic rings. The van der Waals surface area contributed by atoms with Gasteiger partial charge in [0, 0.05) is 47.1 Å². The van der Waals surface area contributed by atoms with Gasteiger partial charge in [-0.1, -0.05) is 43.1 Å². The number of benzene rings is 2. The topological polar surface area (TPSA) is 105 Å². The number of aromatic nitrogens is 1. The third-order valence-electron chi connectivity index (χ3n) is 7.43. The monoisotopic (exact) mass is 546 g/mol. The summed E-state index contributed by atoms with van der Waals surface area (Å²) in [5.74, 6) is -1.80. The third kappa shape index (κ3) is 5.43. The van der Waals surface area contributed by atoms with E-state index >= 15 is 0 Å². The maximum absolute atomic E-state index is 14.7. The van der Waals surface area contributed by atoms with E-state index in [0.717, 1.165) is 11.3 Å². The van der Waals surface area contributed by atoms with Gasteiger partial charge >= 0.3 is 0 Å². The zero-order chi connectivity index (χ0) is 27.7. The highest BCUT2D eigenvalue weighted by molar-refractivity contribution is 6.31. The first-order chi connectivity index (χ1) is 18.7. The largest absolute Gasteiger partial charge is 0.366 e. The molecule has 0 spiro atoms. The first-order valence-corrected chi connectivity index (χ1v) is 13.3. The molecule has 3 heterocycles. The van der Waals surface area contributed by atoms with Crippen molar-refractivity contribution in [2.24, 2.45) is 11.7 Å². The van der Waals surface area contributed by atoms with E-state index in [4.69, 9.17) is 17.3 Å². The molecule has 0 fully saturated rings. The third-order valence-corrected chi connectivity index (χ3v) is 7.73. The molecule has 0 saturated heterocycles. The van der Waals surface area contributed by atoms with E-state index in [2.05, 4.69) is 10.3 Å². The Hall–Kier alpha value is -4.04. The van der Waals surface area contributed by atoms with Crippen molar-refractivity contribution in [1.82, 2.24) is 9.88 Å². The molecule has 0 saturated carbocycles. The lowest BCUT2D eigenvalue weighted by Gasteiger charge is -2.34. The molecule has 5 rings (SSSR count). The number of amides is 3. The number of nitrogens with two attached hydrogens (primary N) is 1. The van der Waals surface area contributed by atoms with Crippen molar-refractivity contribution in [1.29, 1.82) is 0 Å². The average Bonchev–Trinajstić information content (AvgIpc) is 2.92. The Morgan fingerprint density at radius 2 is 1.95 bits per heavy atom. The summed E-state index contributed by atoms with van der Waals surface area (Å²) in [5.41, 5.74) is 9.43. The van der Waals surface area contributed by atoms with Crippen LogP contribution in [0.2, 0.25) is 5.02 Å². The molecule has 2 bridgehead atoms. The zero-order valence-electron chi connectivity index (χ0n) is 21.4. The quantitative estimate of drug-likeness (QED) is 0.436. The Bertz CT molecular complexity index is 1510. The molecule has 2 aromatic carbocycles. The molecule has 3 aromatic rings. The van der Waals surface area contributed by atoms with Gasteiger partial charge < -0.3 is 16.0 Å². The van der Waals surface area contributed by atoms with Gasteiger partial charge in [-0.25, -0.2) is 4.39 Å². The van der Waals surface area contributed by atoms with E-state index < -0.39 is 11.7 Å². The number of fused-ring (bicyclic) bond motifs is 4. The molecule has 3 N–H and O–H groups in total. The van der Waals surface area contributed by atoms with Crippen molar-refractivity contribution in [3.8, 4) is 11.1 Å². The lowest BCUT2D eigenvalue weighted by atomic mass is 9.92. The standard InChI is InChI=1S/C30H28ClFN4O3/c1-17-4-2-7-26(36-13-11-19(16-27(36)37)22-5-3-6-23(31)28(22)32)25-14-18(10-12-34-25)21-9-8-20(29(33)38)15-24(21)35-30(17)39/h3,5-6,8-10,12,14-17,26H,2,4,7,11,13H2,1H3,(H2,33,38)(H,35,39)/t17?,26-/m0/s1. The number of hydrogen-bond acceptors (Lipinski definition) is 4. The molecule has 1 aromatic heterocycles. The highest BCUT2D eigenvalue weighted by Crippen LogP contribution is 2.37. The van der Waals surface area contributed by atoms with Crippen LogP contribution in [-0.4, -0.2) is 34.2 Å². The maximum Gasteiger partial charge on any atom is 0.248 e. The van der Waals surface area contributed by atoms with Gasteiger partial charge in [-0.2, -0.15) is 0 Å².